The van der Waals surface area contributed by atoms with Crippen molar-refractivity contribution in [2.75, 3.05) is 23.7 Å². The number of thiophene rings is 1. The highest BCUT2D eigenvalue weighted by atomic mass is 32.1. The van der Waals surface area contributed by atoms with Gasteiger partial charge in [0.1, 0.15) is 9.71 Å². The quantitative estimate of drug-likeness (QED) is 0.893. The van der Waals surface area contributed by atoms with Gasteiger partial charge in [-0.2, -0.15) is 0 Å². The number of carbonyl (C=O) groups is 1. The smallest absolute Gasteiger partial charge is 0.263 e. The Morgan fingerprint density at radius 2 is 2.09 bits per heavy atom. The summed E-state index contributed by atoms with van der Waals surface area (Å²) in [5.74, 6) is 0.542. The fourth-order valence-electron chi connectivity index (χ4n) is 3.64. The number of nitrogens with zero attached hydrogens (tertiary/aromatic N) is 2. The van der Waals surface area contributed by atoms with Crippen LogP contribution in [0, 0.1) is 0 Å². The lowest BCUT2D eigenvalue weighted by Crippen LogP contribution is -2.39. The lowest BCUT2D eigenvalue weighted by Gasteiger charge is -2.41. The number of hydrogen-bond donors (Lipinski definition) is 2. The maximum absolute atomic E-state index is 12.3. The third-order valence-electron chi connectivity index (χ3n) is 5.07. The number of nitrogens with one attached hydrogen (secondary N) is 1. The number of aromatic nitrogens is 1. The van der Waals surface area contributed by atoms with E-state index < -0.39 is 0 Å². The van der Waals surface area contributed by atoms with E-state index in [-0.39, 0.29) is 5.91 Å². The molecule has 0 unspecified atom stereocenters. The molecule has 1 saturated heterocycles. The number of carbonyl (C=O) groups excluding carboxylic acids is 1. The monoisotopic (exact) mass is 314 g/mol. The van der Waals surface area contributed by atoms with Gasteiger partial charge < -0.3 is 16.0 Å². The Morgan fingerprint density at radius 3 is 2.82 bits per heavy atom. The molecule has 2 fully saturated rings. The first-order chi connectivity index (χ1) is 10.7. The van der Waals surface area contributed by atoms with Crippen molar-refractivity contribution in [1.82, 2.24) is 10.3 Å². The van der Waals surface area contributed by atoms with Gasteiger partial charge in [0, 0.05) is 30.4 Å². The molecule has 0 aromatic carbocycles. The minimum atomic E-state index is -0.0377. The van der Waals surface area contributed by atoms with E-state index >= 15 is 0 Å². The van der Waals surface area contributed by atoms with Crippen LogP contribution >= 0.6 is 11.3 Å². The topological polar surface area (TPSA) is 71.2 Å². The van der Waals surface area contributed by atoms with E-state index in [0.29, 0.717) is 22.5 Å². The molecule has 0 radical (unpaired) electrons. The summed E-state index contributed by atoms with van der Waals surface area (Å²) >= 11 is 1.44. The van der Waals surface area contributed by atoms with E-state index in [1.807, 2.05) is 0 Å². The van der Waals surface area contributed by atoms with Gasteiger partial charge in [-0.25, -0.2) is 4.98 Å². The second-order valence-electron chi connectivity index (χ2n) is 6.60. The maximum atomic E-state index is 12.3. The molecule has 3 N–H and O–H groups in total. The molecular weight excluding hydrogens is 296 g/mol. The van der Waals surface area contributed by atoms with Crippen molar-refractivity contribution in [3.8, 4) is 0 Å². The molecule has 5 heterocycles. The van der Waals surface area contributed by atoms with Crippen LogP contribution in [0.4, 0.5) is 11.4 Å². The summed E-state index contributed by atoms with van der Waals surface area (Å²) in [7, 11) is 0. The number of nitrogen functional groups attached to an aromatic ring is 1. The zero-order valence-electron chi connectivity index (χ0n) is 12.3. The zero-order valence-corrected chi connectivity index (χ0v) is 13.1. The maximum Gasteiger partial charge on any atom is 0.263 e. The number of pyridine rings is 1. The average molecular weight is 314 g/mol. The fraction of sp³-hybridized carbons (Fsp3) is 0.500. The molecule has 0 atom stereocenters. The SMILES string of the molecule is Nc1c(C(=O)NC2CC2)sc2nc3c(cc12)N1CCC3CC1. The molecule has 2 bridgehead atoms. The summed E-state index contributed by atoms with van der Waals surface area (Å²) in [5, 5.41) is 3.97. The normalized spacial score (nSPS) is 20.5. The molecule has 3 aliphatic heterocycles. The summed E-state index contributed by atoms with van der Waals surface area (Å²) < 4.78 is 0. The third kappa shape index (κ3) is 1.76. The summed E-state index contributed by atoms with van der Waals surface area (Å²) in [5.41, 5.74) is 9.29. The predicted molar refractivity (Wildman–Crippen MR) is 88.7 cm³/mol. The standard InChI is InChI=1S/C16H18N4OS/c17-12-10-7-11-13(8-3-5-20(11)6-4-8)19-16(10)22-14(12)15(21)18-9-1-2-9/h7-9H,1-6,17H2,(H,18,21). The summed E-state index contributed by atoms with van der Waals surface area (Å²) in [6, 6.07) is 2.50. The number of fused-ring (bicyclic) bond motifs is 3. The van der Waals surface area contributed by atoms with E-state index in [0.717, 1.165) is 36.1 Å². The molecule has 114 valence electrons. The Balaban J connectivity index is 1.63. The number of hydrogen-bond acceptors (Lipinski definition) is 5. The Kier molecular flexibility index (Phi) is 2.51. The summed E-state index contributed by atoms with van der Waals surface area (Å²) in [6.07, 6.45) is 4.56. The van der Waals surface area contributed by atoms with Crippen LogP contribution in [-0.4, -0.2) is 30.0 Å². The molecule has 0 spiro atoms. The number of nitrogens with two attached hydrogens (primary N) is 1. The Labute approximate surface area is 132 Å². The van der Waals surface area contributed by atoms with Gasteiger partial charge in [-0.3, -0.25) is 4.79 Å². The highest BCUT2D eigenvalue weighted by molar-refractivity contribution is 7.21. The molecule has 2 aromatic rings. The fourth-order valence-corrected chi connectivity index (χ4v) is 4.63. The van der Waals surface area contributed by atoms with Crippen LogP contribution in [0.25, 0.3) is 10.2 Å². The van der Waals surface area contributed by atoms with E-state index in [2.05, 4.69) is 16.3 Å². The Bertz CT molecular complexity index is 787. The number of amides is 1. The first-order valence-electron chi connectivity index (χ1n) is 7.99. The summed E-state index contributed by atoms with van der Waals surface area (Å²) in [4.78, 5) is 21.1. The van der Waals surface area contributed by atoms with Crippen LogP contribution in [0.3, 0.4) is 0 Å². The van der Waals surface area contributed by atoms with E-state index in [1.165, 1.54) is 35.6 Å². The van der Waals surface area contributed by atoms with Crippen molar-refractivity contribution >= 4 is 38.8 Å². The molecule has 22 heavy (non-hydrogen) atoms. The first-order valence-corrected chi connectivity index (χ1v) is 8.81. The Morgan fingerprint density at radius 1 is 1.32 bits per heavy atom. The highest BCUT2D eigenvalue weighted by Gasteiger charge is 2.33. The van der Waals surface area contributed by atoms with Gasteiger partial charge in [0.2, 0.25) is 0 Å². The number of anilines is 2. The van der Waals surface area contributed by atoms with Crippen molar-refractivity contribution in [3.05, 3.63) is 16.6 Å². The molecule has 6 rings (SSSR count). The number of rotatable bonds is 2. The number of piperidine rings is 1. The van der Waals surface area contributed by atoms with Crippen molar-refractivity contribution in [2.45, 2.75) is 37.6 Å². The van der Waals surface area contributed by atoms with E-state index in [9.17, 15) is 4.79 Å². The van der Waals surface area contributed by atoms with Crippen LogP contribution in [-0.2, 0) is 0 Å². The molecular formula is C16H18N4OS. The second kappa shape index (κ2) is 4.35. The average Bonchev–Trinajstić information content (AvgIpc) is 3.30. The largest absolute Gasteiger partial charge is 0.397 e. The molecule has 5 nitrogen and oxygen atoms in total. The summed E-state index contributed by atoms with van der Waals surface area (Å²) in [6.45, 7) is 2.23. The van der Waals surface area contributed by atoms with Gasteiger partial charge in [0.05, 0.1) is 17.1 Å². The third-order valence-corrected chi connectivity index (χ3v) is 6.18. The van der Waals surface area contributed by atoms with Crippen LogP contribution in [0.15, 0.2) is 6.07 Å². The van der Waals surface area contributed by atoms with Gasteiger partial charge in [-0.05, 0) is 31.7 Å². The second-order valence-corrected chi connectivity index (χ2v) is 7.60. The van der Waals surface area contributed by atoms with Gasteiger partial charge in [0.15, 0.2) is 0 Å². The minimum Gasteiger partial charge on any atom is -0.397 e. The molecule has 2 aromatic heterocycles. The zero-order chi connectivity index (χ0) is 14.8. The highest BCUT2D eigenvalue weighted by Crippen LogP contribution is 2.45. The van der Waals surface area contributed by atoms with Gasteiger partial charge in [-0.15, -0.1) is 11.3 Å². The minimum absolute atomic E-state index is 0.0377. The van der Waals surface area contributed by atoms with Crippen molar-refractivity contribution in [1.29, 1.82) is 0 Å². The van der Waals surface area contributed by atoms with Gasteiger partial charge in [-0.1, -0.05) is 0 Å². The molecule has 1 aliphatic carbocycles. The van der Waals surface area contributed by atoms with Gasteiger partial charge >= 0.3 is 0 Å². The molecule has 4 aliphatic rings. The van der Waals surface area contributed by atoms with E-state index in [4.69, 9.17) is 10.7 Å². The lowest BCUT2D eigenvalue weighted by molar-refractivity contribution is 0.0956. The first kappa shape index (κ1) is 12.7. The van der Waals surface area contributed by atoms with Crippen molar-refractivity contribution < 1.29 is 4.79 Å². The van der Waals surface area contributed by atoms with Gasteiger partial charge in [0.25, 0.3) is 5.91 Å². The molecule has 6 heteroatoms. The van der Waals surface area contributed by atoms with Crippen LogP contribution in [0.2, 0.25) is 0 Å². The predicted octanol–water partition coefficient (Wildman–Crippen LogP) is 2.47. The van der Waals surface area contributed by atoms with E-state index in [1.54, 1.807) is 0 Å². The lowest BCUT2D eigenvalue weighted by atomic mass is 9.86. The molecule has 1 amide bonds. The molecule has 1 saturated carbocycles. The Hall–Kier alpha value is -1.82. The van der Waals surface area contributed by atoms with Crippen molar-refractivity contribution in [3.63, 3.8) is 0 Å². The van der Waals surface area contributed by atoms with Crippen LogP contribution < -0.4 is 16.0 Å². The van der Waals surface area contributed by atoms with Crippen molar-refractivity contribution in [2.24, 2.45) is 0 Å². The van der Waals surface area contributed by atoms with Crippen LogP contribution in [0.1, 0.15) is 47.0 Å². The van der Waals surface area contributed by atoms with Crippen LogP contribution in [0.5, 0.6) is 0 Å².